The Morgan fingerprint density at radius 3 is 1.24 bits per heavy atom. The lowest BCUT2D eigenvalue weighted by molar-refractivity contribution is 0.669. The summed E-state index contributed by atoms with van der Waals surface area (Å²) in [5, 5.41) is 4.67. The van der Waals surface area contributed by atoms with Crippen molar-refractivity contribution in [2.24, 2.45) is 0 Å². The molecule has 0 fully saturated rings. The van der Waals surface area contributed by atoms with Crippen molar-refractivity contribution in [2.75, 3.05) is 0 Å². The van der Waals surface area contributed by atoms with Gasteiger partial charge in [-0.2, -0.15) is 0 Å². The molecule has 0 radical (unpaired) electrons. The van der Waals surface area contributed by atoms with Gasteiger partial charge in [-0.05, 0) is 53.6 Å². The number of fused-ring (bicyclic) bond motifs is 6. The van der Waals surface area contributed by atoms with Crippen LogP contribution in [0.1, 0.15) is 17.5 Å². The lowest BCUT2D eigenvalue weighted by atomic mass is 9.98. The fraction of sp³-hybridized carbons (Fsp3) is 0.0769. The van der Waals surface area contributed by atoms with E-state index in [0.717, 1.165) is 52.7 Å². The Morgan fingerprint density at radius 2 is 0.780 bits per heavy atom. The lowest BCUT2D eigenvalue weighted by Crippen LogP contribution is -1.91. The predicted octanol–water partition coefficient (Wildman–Crippen LogP) is 11.0. The van der Waals surface area contributed by atoms with Gasteiger partial charge >= 0.3 is 0 Å². The SMILES string of the molecule is c1ccc2c(c1)oc1c(-c3ccc(CCCc4ccc(-c5cccc6c5oc5ccccc56)cc4)cc3)cccc12. The van der Waals surface area contributed by atoms with Crippen molar-refractivity contribution in [1.29, 1.82) is 0 Å². The first-order valence-corrected chi connectivity index (χ1v) is 14.3. The molecule has 0 atom stereocenters. The molecule has 0 spiro atoms. The maximum Gasteiger partial charge on any atom is 0.143 e. The molecular weight excluding hydrogens is 500 g/mol. The highest BCUT2D eigenvalue weighted by molar-refractivity contribution is 6.10. The van der Waals surface area contributed by atoms with Gasteiger partial charge in [0.2, 0.25) is 0 Å². The van der Waals surface area contributed by atoms with Crippen LogP contribution >= 0.6 is 0 Å². The van der Waals surface area contributed by atoms with Crippen LogP contribution in [0.2, 0.25) is 0 Å². The monoisotopic (exact) mass is 528 g/mol. The summed E-state index contributed by atoms with van der Waals surface area (Å²) in [6, 6.07) is 47.3. The van der Waals surface area contributed by atoms with Gasteiger partial charge in [0.1, 0.15) is 22.3 Å². The maximum atomic E-state index is 6.25. The molecule has 2 heteroatoms. The molecule has 2 aromatic heterocycles. The molecule has 0 aliphatic rings. The minimum Gasteiger partial charge on any atom is -0.455 e. The van der Waals surface area contributed by atoms with Crippen molar-refractivity contribution in [3.63, 3.8) is 0 Å². The third-order valence-electron chi connectivity index (χ3n) is 8.27. The van der Waals surface area contributed by atoms with E-state index < -0.39 is 0 Å². The molecule has 196 valence electrons. The molecule has 8 aromatic rings. The first-order valence-electron chi connectivity index (χ1n) is 14.3. The second-order valence-electron chi connectivity index (χ2n) is 10.8. The number of furan rings is 2. The number of aryl methyl sites for hydroxylation is 2. The Labute approximate surface area is 238 Å². The van der Waals surface area contributed by atoms with Crippen LogP contribution in [0.15, 0.2) is 142 Å². The molecule has 0 N–H and O–H groups in total. The maximum absolute atomic E-state index is 6.25. The molecule has 0 bridgehead atoms. The van der Waals surface area contributed by atoms with Crippen LogP contribution in [-0.2, 0) is 12.8 Å². The number of rotatable bonds is 6. The van der Waals surface area contributed by atoms with Crippen molar-refractivity contribution in [3.05, 3.63) is 145 Å². The van der Waals surface area contributed by atoms with E-state index in [1.54, 1.807) is 0 Å². The van der Waals surface area contributed by atoms with Crippen molar-refractivity contribution < 1.29 is 8.83 Å². The second kappa shape index (κ2) is 9.83. The Morgan fingerprint density at radius 1 is 0.366 bits per heavy atom. The molecule has 0 amide bonds. The molecule has 0 aliphatic carbocycles. The van der Waals surface area contributed by atoms with Crippen LogP contribution in [-0.4, -0.2) is 0 Å². The predicted molar refractivity (Wildman–Crippen MR) is 170 cm³/mol. The van der Waals surface area contributed by atoms with Gasteiger partial charge in [-0.3, -0.25) is 0 Å². The average Bonchev–Trinajstić information content (AvgIpc) is 3.60. The van der Waals surface area contributed by atoms with Crippen molar-refractivity contribution in [3.8, 4) is 22.3 Å². The standard InChI is InChI=1S/C39H28O2/c1-3-16-36-32(10-1)34-14-6-12-30(38(34)40-36)28-22-18-26(19-23-28)8-5-9-27-20-24-29(25-21-27)31-13-7-15-35-33-11-2-4-17-37(33)41-39(31)35/h1-4,6-7,10-25H,5,8-9H2. The molecule has 41 heavy (non-hydrogen) atoms. The van der Waals surface area contributed by atoms with Crippen LogP contribution < -0.4 is 0 Å². The van der Waals surface area contributed by atoms with E-state index in [9.17, 15) is 0 Å². The highest BCUT2D eigenvalue weighted by Crippen LogP contribution is 2.37. The first kappa shape index (κ1) is 23.8. The zero-order valence-electron chi connectivity index (χ0n) is 22.6. The molecule has 6 aromatic carbocycles. The molecule has 2 heterocycles. The Balaban J connectivity index is 0.962. The Hall–Kier alpha value is -5.08. The quantitative estimate of drug-likeness (QED) is 0.214. The van der Waals surface area contributed by atoms with E-state index in [4.69, 9.17) is 8.83 Å². The lowest BCUT2D eigenvalue weighted by Gasteiger charge is -2.07. The van der Waals surface area contributed by atoms with Crippen molar-refractivity contribution >= 4 is 43.9 Å². The highest BCUT2D eigenvalue weighted by atomic mass is 16.3. The minimum absolute atomic E-state index is 0.936. The van der Waals surface area contributed by atoms with E-state index in [0.29, 0.717) is 0 Å². The van der Waals surface area contributed by atoms with Crippen molar-refractivity contribution in [1.82, 2.24) is 0 Å². The third-order valence-corrected chi connectivity index (χ3v) is 8.27. The van der Waals surface area contributed by atoms with Gasteiger partial charge in [-0.15, -0.1) is 0 Å². The van der Waals surface area contributed by atoms with Gasteiger partial charge in [-0.1, -0.05) is 121 Å². The smallest absolute Gasteiger partial charge is 0.143 e. The number of benzene rings is 6. The number of hydrogen-bond donors (Lipinski definition) is 0. The second-order valence-corrected chi connectivity index (χ2v) is 10.8. The molecule has 0 unspecified atom stereocenters. The molecule has 2 nitrogen and oxygen atoms in total. The van der Waals surface area contributed by atoms with Gasteiger partial charge in [0.15, 0.2) is 0 Å². The van der Waals surface area contributed by atoms with Gasteiger partial charge < -0.3 is 8.83 Å². The first-order chi connectivity index (χ1) is 20.3. The minimum atomic E-state index is 0.936. The van der Waals surface area contributed by atoms with Crippen molar-refractivity contribution in [2.45, 2.75) is 19.3 Å². The van der Waals surface area contributed by atoms with Crippen LogP contribution in [0.25, 0.3) is 66.1 Å². The fourth-order valence-electron chi connectivity index (χ4n) is 6.15. The summed E-state index contributed by atoms with van der Waals surface area (Å²) in [6.07, 6.45) is 3.21. The van der Waals surface area contributed by atoms with E-state index in [-0.39, 0.29) is 0 Å². The van der Waals surface area contributed by atoms with Gasteiger partial charge in [0, 0.05) is 32.7 Å². The molecule has 0 aliphatic heterocycles. The van der Waals surface area contributed by atoms with Gasteiger partial charge in [0.25, 0.3) is 0 Å². The fourth-order valence-corrected chi connectivity index (χ4v) is 6.15. The average molecular weight is 529 g/mol. The van der Waals surface area contributed by atoms with Crippen LogP contribution in [0.4, 0.5) is 0 Å². The molecule has 8 rings (SSSR count). The Kier molecular flexibility index (Phi) is 5.70. The highest BCUT2D eigenvalue weighted by Gasteiger charge is 2.13. The third kappa shape index (κ3) is 4.20. The van der Waals surface area contributed by atoms with Crippen LogP contribution in [0.5, 0.6) is 0 Å². The van der Waals surface area contributed by atoms with Crippen LogP contribution in [0.3, 0.4) is 0 Å². The summed E-state index contributed by atoms with van der Waals surface area (Å²) in [5.41, 5.74) is 11.2. The van der Waals surface area contributed by atoms with Gasteiger partial charge in [0.05, 0.1) is 0 Å². The summed E-state index contributed by atoms with van der Waals surface area (Å²) in [4.78, 5) is 0. The topological polar surface area (TPSA) is 26.3 Å². The molecule has 0 saturated carbocycles. The summed E-state index contributed by atoms with van der Waals surface area (Å²) >= 11 is 0. The van der Waals surface area contributed by atoms with E-state index in [2.05, 4.69) is 109 Å². The Bertz CT molecular complexity index is 2000. The van der Waals surface area contributed by atoms with E-state index in [1.165, 1.54) is 43.8 Å². The van der Waals surface area contributed by atoms with Crippen LogP contribution in [0, 0.1) is 0 Å². The van der Waals surface area contributed by atoms with E-state index in [1.807, 2.05) is 24.3 Å². The normalized spacial score (nSPS) is 11.7. The molecule has 0 saturated heterocycles. The number of hydrogen-bond acceptors (Lipinski definition) is 2. The summed E-state index contributed by atoms with van der Waals surface area (Å²) in [6.45, 7) is 0. The zero-order valence-corrected chi connectivity index (χ0v) is 22.6. The summed E-state index contributed by atoms with van der Waals surface area (Å²) in [7, 11) is 0. The van der Waals surface area contributed by atoms with Gasteiger partial charge in [-0.25, -0.2) is 0 Å². The summed E-state index contributed by atoms with van der Waals surface area (Å²) in [5.74, 6) is 0. The molecular formula is C39H28O2. The number of para-hydroxylation sites is 4. The zero-order chi connectivity index (χ0) is 27.2. The van der Waals surface area contributed by atoms with E-state index >= 15 is 0 Å². The largest absolute Gasteiger partial charge is 0.455 e. The summed E-state index contributed by atoms with van der Waals surface area (Å²) < 4.78 is 12.5.